The van der Waals surface area contributed by atoms with Gasteiger partial charge in [0.2, 0.25) is 0 Å². The van der Waals surface area contributed by atoms with Crippen molar-refractivity contribution >= 4 is 58.1 Å². The molecule has 0 bridgehead atoms. The van der Waals surface area contributed by atoms with Crippen molar-refractivity contribution in [1.29, 1.82) is 0 Å². The highest BCUT2D eigenvalue weighted by Gasteiger charge is 2.36. The van der Waals surface area contributed by atoms with Crippen LogP contribution in [0.5, 0.6) is 0 Å². The molecule has 0 fully saturated rings. The molecule has 0 aliphatic carbocycles. The third-order valence-corrected chi connectivity index (χ3v) is 5.88. The number of anilines is 2. The summed E-state index contributed by atoms with van der Waals surface area (Å²) in [4.78, 5) is 28.0. The molecule has 1 aliphatic heterocycles. The van der Waals surface area contributed by atoms with E-state index < -0.39 is 6.04 Å². The van der Waals surface area contributed by atoms with Gasteiger partial charge in [0.25, 0.3) is 5.91 Å². The number of nitrogens with one attached hydrogen (secondary N) is 2. The molecule has 0 aromatic heterocycles. The molecule has 162 valence electrons. The third-order valence-electron chi connectivity index (χ3n) is 5.12. The molecule has 0 saturated heterocycles. The number of allylic oxidation sites excluding steroid dienone is 1. The standard InChI is InChI=1S/C24H18Cl3N3O2/c1-14-21(23(31)28-19-10-6-17(26)7-11-19)22(15-2-4-16(25)5-3-15)29-24(32)30(14)20-12-8-18(27)9-13-20/h2-13,22H,1H3,(H,28,31)(H,29,32). The van der Waals surface area contributed by atoms with Crippen molar-refractivity contribution in [2.45, 2.75) is 13.0 Å². The summed E-state index contributed by atoms with van der Waals surface area (Å²) in [5.41, 5.74) is 2.82. The zero-order valence-electron chi connectivity index (χ0n) is 16.9. The van der Waals surface area contributed by atoms with Gasteiger partial charge >= 0.3 is 6.03 Å². The predicted octanol–water partition coefficient (Wildman–Crippen LogP) is 6.83. The van der Waals surface area contributed by atoms with Crippen LogP contribution >= 0.6 is 34.8 Å². The maximum atomic E-state index is 13.4. The van der Waals surface area contributed by atoms with Gasteiger partial charge in [0.05, 0.1) is 17.3 Å². The highest BCUT2D eigenvalue weighted by atomic mass is 35.5. The van der Waals surface area contributed by atoms with Gasteiger partial charge in [-0.05, 0) is 73.2 Å². The van der Waals surface area contributed by atoms with Crippen LogP contribution in [0.3, 0.4) is 0 Å². The molecule has 3 amide bonds. The summed E-state index contributed by atoms with van der Waals surface area (Å²) in [7, 11) is 0. The number of benzene rings is 3. The zero-order chi connectivity index (χ0) is 22.8. The fourth-order valence-corrected chi connectivity index (χ4v) is 3.95. The molecule has 5 nitrogen and oxygen atoms in total. The lowest BCUT2D eigenvalue weighted by molar-refractivity contribution is -0.113. The highest BCUT2D eigenvalue weighted by Crippen LogP contribution is 2.35. The topological polar surface area (TPSA) is 61.4 Å². The van der Waals surface area contributed by atoms with Crippen LogP contribution in [0.25, 0.3) is 0 Å². The second-order valence-corrected chi connectivity index (χ2v) is 8.52. The fourth-order valence-electron chi connectivity index (χ4n) is 3.58. The summed E-state index contributed by atoms with van der Waals surface area (Å²) in [5, 5.41) is 7.51. The number of hydrogen-bond acceptors (Lipinski definition) is 2. The van der Waals surface area contributed by atoms with Gasteiger partial charge in [-0.15, -0.1) is 0 Å². The van der Waals surface area contributed by atoms with Crippen LogP contribution in [0.4, 0.5) is 16.2 Å². The predicted molar refractivity (Wildman–Crippen MR) is 129 cm³/mol. The molecule has 1 atom stereocenters. The molecule has 1 aliphatic rings. The second-order valence-electron chi connectivity index (χ2n) is 7.21. The molecule has 1 unspecified atom stereocenters. The lowest BCUT2D eigenvalue weighted by Crippen LogP contribution is -2.48. The Hall–Kier alpha value is -2.99. The highest BCUT2D eigenvalue weighted by molar-refractivity contribution is 6.31. The number of carbonyl (C=O) groups is 2. The first-order chi connectivity index (χ1) is 15.3. The van der Waals surface area contributed by atoms with Gasteiger partial charge < -0.3 is 10.6 Å². The van der Waals surface area contributed by atoms with E-state index in [1.165, 1.54) is 4.90 Å². The van der Waals surface area contributed by atoms with E-state index in [9.17, 15) is 9.59 Å². The SMILES string of the molecule is CC1=C(C(=O)Nc2ccc(Cl)cc2)C(c2ccc(Cl)cc2)NC(=O)N1c1ccc(Cl)cc1. The van der Waals surface area contributed by atoms with Crippen molar-refractivity contribution < 1.29 is 9.59 Å². The molecular formula is C24H18Cl3N3O2. The number of amides is 3. The molecule has 8 heteroatoms. The van der Waals surface area contributed by atoms with Gasteiger partial charge in [-0.2, -0.15) is 0 Å². The Balaban J connectivity index is 1.79. The second kappa shape index (κ2) is 9.25. The average Bonchev–Trinajstić information content (AvgIpc) is 2.76. The summed E-state index contributed by atoms with van der Waals surface area (Å²) < 4.78 is 0. The van der Waals surface area contributed by atoms with Crippen molar-refractivity contribution in [3.8, 4) is 0 Å². The van der Waals surface area contributed by atoms with E-state index in [4.69, 9.17) is 34.8 Å². The number of hydrogen-bond donors (Lipinski definition) is 2. The Morgan fingerprint density at radius 2 is 1.34 bits per heavy atom. The summed E-state index contributed by atoms with van der Waals surface area (Å²) in [5.74, 6) is -0.344. The fraction of sp³-hybridized carbons (Fsp3) is 0.0833. The first-order valence-corrected chi connectivity index (χ1v) is 10.9. The summed E-state index contributed by atoms with van der Waals surface area (Å²) in [6, 6.07) is 19.6. The number of halogens is 3. The lowest BCUT2D eigenvalue weighted by Gasteiger charge is -2.35. The van der Waals surface area contributed by atoms with Crippen molar-refractivity contribution in [2.24, 2.45) is 0 Å². The monoisotopic (exact) mass is 485 g/mol. The third kappa shape index (κ3) is 4.60. The van der Waals surface area contributed by atoms with Crippen LogP contribution in [0.1, 0.15) is 18.5 Å². The summed E-state index contributed by atoms with van der Waals surface area (Å²) >= 11 is 18.0. The maximum Gasteiger partial charge on any atom is 0.326 e. The molecule has 2 N–H and O–H groups in total. The van der Waals surface area contributed by atoms with Gasteiger partial charge in [0, 0.05) is 26.5 Å². The van der Waals surface area contributed by atoms with Crippen molar-refractivity contribution in [3.63, 3.8) is 0 Å². The largest absolute Gasteiger partial charge is 0.326 e. The minimum atomic E-state index is -0.657. The van der Waals surface area contributed by atoms with E-state index in [0.29, 0.717) is 37.7 Å². The van der Waals surface area contributed by atoms with Crippen LogP contribution in [0.2, 0.25) is 15.1 Å². The molecular weight excluding hydrogens is 469 g/mol. The van der Waals surface area contributed by atoms with E-state index in [0.717, 1.165) is 5.56 Å². The molecule has 4 rings (SSSR count). The summed E-state index contributed by atoms with van der Waals surface area (Å²) in [6.45, 7) is 1.74. The molecule has 3 aromatic rings. The molecule has 0 spiro atoms. The number of carbonyl (C=O) groups excluding carboxylic acids is 2. The van der Waals surface area contributed by atoms with Crippen LogP contribution < -0.4 is 15.5 Å². The van der Waals surface area contributed by atoms with E-state index in [-0.39, 0.29) is 11.9 Å². The zero-order valence-corrected chi connectivity index (χ0v) is 19.2. The Labute approximate surface area is 200 Å². The molecule has 1 heterocycles. The van der Waals surface area contributed by atoms with E-state index in [2.05, 4.69) is 10.6 Å². The lowest BCUT2D eigenvalue weighted by atomic mass is 9.94. The van der Waals surface area contributed by atoms with Gasteiger partial charge in [-0.1, -0.05) is 46.9 Å². The van der Waals surface area contributed by atoms with Crippen LogP contribution in [0.15, 0.2) is 84.1 Å². The minimum Gasteiger partial charge on any atom is -0.326 e. The van der Waals surface area contributed by atoms with Crippen molar-refractivity contribution in [1.82, 2.24) is 5.32 Å². The quantitative estimate of drug-likeness (QED) is 0.424. The smallest absolute Gasteiger partial charge is 0.326 e. The molecule has 32 heavy (non-hydrogen) atoms. The first kappa shape index (κ1) is 22.2. The van der Waals surface area contributed by atoms with Crippen LogP contribution in [-0.4, -0.2) is 11.9 Å². The van der Waals surface area contributed by atoms with Gasteiger partial charge in [-0.25, -0.2) is 4.79 Å². The Kier molecular flexibility index (Phi) is 6.42. The minimum absolute atomic E-state index is 0.344. The normalized spacial score (nSPS) is 16.1. The van der Waals surface area contributed by atoms with Gasteiger partial charge in [-0.3, -0.25) is 9.69 Å². The van der Waals surface area contributed by atoms with Crippen LogP contribution in [0, 0.1) is 0 Å². The number of urea groups is 1. The Morgan fingerprint density at radius 3 is 1.91 bits per heavy atom. The average molecular weight is 487 g/mol. The molecule has 3 aromatic carbocycles. The van der Waals surface area contributed by atoms with Gasteiger partial charge in [0.1, 0.15) is 0 Å². The molecule has 0 saturated carbocycles. The number of rotatable bonds is 4. The Bertz CT molecular complexity index is 1190. The van der Waals surface area contributed by atoms with E-state index in [1.54, 1.807) is 79.7 Å². The number of nitrogens with zero attached hydrogens (tertiary/aromatic N) is 1. The summed E-state index contributed by atoms with van der Waals surface area (Å²) in [6.07, 6.45) is 0. The Morgan fingerprint density at radius 1 is 0.844 bits per heavy atom. The maximum absolute atomic E-state index is 13.4. The van der Waals surface area contributed by atoms with E-state index >= 15 is 0 Å². The van der Waals surface area contributed by atoms with E-state index in [1.807, 2.05) is 0 Å². The molecule has 0 radical (unpaired) electrons. The van der Waals surface area contributed by atoms with Crippen molar-refractivity contribution in [2.75, 3.05) is 10.2 Å². The van der Waals surface area contributed by atoms with Gasteiger partial charge in [0.15, 0.2) is 0 Å². The van der Waals surface area contributed by atoms with Crippen LogP contribution in [-0.2, 0) is 4.79 Å². The van der Waals surface area contributed by atoms with Crippen molar-refractivity contribution in [3.05, 3.63) is 105 Å². The first-order valence-electron chi connectivity index (χ1n) is 9.73.